The van der Waals surface area contributed by atoms with Crippen LogP contribution in [0.3, 0.4) is 0 Å². The van der Waals surface area contributed by atoms with Crippen molar-refractivity contribution in [3.63, 3.8) is 0 Å². The van der Waals surface area contributed by atoms with Crippen LogP contribution in [0.4, 0.5) is 0 Å². The molecular weight excluding hydrogens is 192 g/mol. The second-order valence-electron chi connectivity index (χ2n) is 2.53. The van der Waals surface area contributed by atoms with Gasteiger partial charge >= 0.3 is 5.97 Å². The minimum absolute atomic E-state index is 0.231. The summed E-state index contributed by atoms with van der Waals surface area (Å²) in [6.45, 7) is 5.45. The average Bonchev–Trinajstić information content (AvgIpc) is 1.83. The molecule has 0 amide bonds. The third kappa shape index (κ3) is 159. The Labute approximate surface area is 82.2 Å². The van der Waals surface area contributed by atoms with Gasteiger partial charge < -0.3 is 15.3 Å². The quantitative estimate of drug-likeness (QED) is 0.590. The molecule has 0 aromatic carbocycles. The number of hydrogen-bond donors (Lipinski definition) is 3. The first-order valence-electron chi connectivity index (χ1n) is 3.73. The number of carbonyl (C=O) groups is 3. The van der Waals surface area contributed by atoms with Gasteiger partial charge in [0, 0.05) is 13.8 Å². The maximum absolute atomic E-state index is 9.70. The highest BCUT2D eigenvalue weighted by atomic mass is 16.4. The predicted octanol–water partition coefficient (Wildman–Crippen LogP) is 0.909. The molecule has 84 valence electrons. The Bertz CT molecular complexity index is 164. The lowest BCUT2D eigenvalue weighted by Gasteiger charge is -1.89. The Morgan fingerprint density at radius 1 is 0.857 bits per heavy atom. The summed E-state index contributed by atoms with van der Waals surface area (Å²) in [4.78, 5) is 27.7. The molecule has 0 saturated heterocycles. The topological polar surface area (TPSA) is 112 Å². The molecule has 0 rings (SSSR count). The maximum atomic E-state index is 9.70. The van der Waals surface area contributed by atoms with Crippen molar-refractivity contribution in [1.29, 1.82) is 0 Å². The lowest BCUT2D eigenvalue weighted by molar-refractivity contribution is -0.140. The van der Waals surface area contributed by atoms with E-state index in [1.54, 1.807) is 13.8 Å². The monoisotopic (exact) mass is 208 g/mol. The van der Waals surface area contributed by atoms with Crippen molar-refractivity contribution < 1.29 is 29.7 Å². The van der Waals surface area contributed by atoms with Crippen LogP contribution in [0.25, 0.3) is 0 Å². The van der Waals surface area contributed by atoms with Crippen LogP contribution in [-0.2, 0) is 14.4 Å². The van der Waals surface area contributed by atoms with Crippen LogP contribution in [0.5, 0.6) is 0 Å². The van der Waals surface area contributed by atoms with Gasteiger partial charge in [0.25, 0.3) is 11.9 Å². The Hall–Kier alpha value is -1.59. The molecule has 0 unspecified atom stereocenters. The molecule has 0 aliphatic carbocycles. The highest BCUT2D eigenvalue weighted by Crippen LogP contribution is 1.87. The Morgan fingerprint density at radius 2 is 0.929 bits per heavy atom. The summed E-state index contributed by atoms with van der Waals surface area (Å²) in [6.07, 6.45) is 0. The first-order valence-corrected chi connectivity index (χ1v) is 3.73. The summed E-state index contributed by atoms with van der Waals surface area (Å²) in [5.41, 5.74) is 0. The number of carboxylic acids is 3. The van der Waals surface area contributed by atoms with Crippen molar-refractivity contribution in [3.05, 3.63) is 0 Å². The molecule has 0 saturated carbocycles. The van der Waals surface area contributed by atoms with Gasteiger partial charge in [-0.3, -0.25) is 14.4 Å². The fourth-order valence-electron chi connectivity index (χ4n) is 0. The van der Waals surface area contributed by atoms with Crippen molar-refractivity contribution >= 4 is 17.9 Å². The van der Waals surface area contributed by atoms with Crippen molar-refractivity contribution in [3.8, 4) is 0 Å². The zero-order valence-corrected chi connectivity index (χ0v) is 8.64. The first-order chi connectivity index (χ1) is 6.11. The van der Waals surface area contributed by atoms with Gasteiger partial charge in [-0.2, -0.15) is 0 Å². The van der Waals surface area contributed by atoms with E-state index in [-0.39, 0.29) is 5.92 Å². The highest BCUT2D eigenvalue weighted by Gasteiger charge is 1.99. The molecule has 0 aromatic rings. The summed E-state index contributed by atoms with van der Waals surface area (Å²) in [6, 6.07) is 0. The molecule has 0 aliphatic heterocycles. The molecule has 14 heavy (non-hydrogen) atoms. The molecule has 0 radical (unpaired) electrons. The van der Waals surface area contributed by atoms with Crippen molar-refractivity contribution in [1.82, 2.24) is 0 Å². The lowest BCUT2D eigenvalue weighted by atomic mass is 10.2. The van der Waals surface area contributed by atoms with Crippen molar-refractivity contribution in [2.45, 2.75) is 27.7 Å². The summed E-state index contributed by atoms with van der Waals surface area (Å²) in [7, 11) is 0. The summed E-state index contributed by atoms with van der Waals surface area (Å²) in [5, 5.41) is 22.8. The standard InChI is InChI=1S/C4H8O2.2C2H4O2/c1-3(2)4(5)6;2*1-2(3)4/h3H,1-2H3,(H,5,6);2*1H3,(H,3,4). The molecule has 0 aliphatic rings. The van der Waals surface area contributed by atoms with Gasteiger partial charge in [-0.15, -0.1) is 0 Å². The fourth-order valence-corrected chi connectivity index (χ4v) is 0. The van der Waals surface area contributed by atoms with Gasteiger partial charge in [0.15, 0.2) is 0 Å². The zero-order chi connectivity index (χ0) is 12.3. The van der Waals surface area contributed by atoms with E-state index in [2.05, 4.69) is 0 Å². The zero-order valence-electron chi connectivity index (χ0n) is 8.64. The van der Waals surface area contributed by atoms with Gasteiger partial charge in [0.2, 0.25) is 0 Å². The SMILES string of the molecule is CC(=O)O.CC(=O)O.CC(C)C(=O)O. The Balaban J connectivity index is -0.000000135. The van der Waals surface area contributed by atoms with E-state index >= 15 is 0 Å². The van der Waals surface area contributed by atoms with Crippen LogP contribution in [0.15, 0.2) is 0 Å². The molecule has 0 fully saturated rings. The van der Waals surface area contributed by atoms with E-state index in [0.717, 1.165) is 13.8 Å². The van der Waals surface area contributed by atoms with Crippen LogP contribution in [0.1, 0.15) is 27.7 Å². The molecular formula is C8H16O6. The third-order valence-electron chi connectivity index (χ3n) is 0.494. The second kappa shape index (κ2) is 11.4. The van der Waals surface area contributed by atoms with Crippen molar-refractivity contribution in [2.24, 2.45) is 5.92 Å². The molecule has 0 heterocycles. The number of rotatable bonds is 1. The van der Waals surface area contributed by atoms with Crippen LogP contribution in [-0.4, -0.2) is 33.2 Å². The molecule has 0 bridgehead atoms. The Morgan fingerprint density at radius 3 is 0.929 bits per heavy atom. The van der Waals surface area contributed by atoms with Crippen LogP contribution >= 0.6 is 0 Å². The first kappa shape index (κ1) is 18.2. The average molecular weight is 208 g/mol. The lowest BCUT2D eigenvalue weighted by Crippen LogP contribution is -2.03. The van der Waals surface area contributed by atoms with E-state index < -0.39 is 17.9 Å². The van der Waals surface area contributed by atoms with Gasteiger partial charge in [0.1, 0.15) is 0 Å². The van der Waals surface area contributed by atoms with Gasteiger partial charge in [0.05, 0.1) is 5.92 Å². The number of carboxylic acid groups (broad SMARTS) is 3. The van der Waals surface area contributed by atoms with Crippen LogP contribution < -0.4 is 0 Å². The highest BCUT2D eigenvalue weighted by molar-refractivity contribution is 5.68. The minimum atomic E-state index is -0.833. The molecule has 3 N–H and O–H groups in total. The Kier molecular flexibility index (Phi) is 14.9. The number of hydrogen-bond acceptors (Lipinski definition) is 3. The van der Waals surface area contributed by atoms with E-state index in [1.807, 2.05) is 0 Å². The summed E-state index contributed by atoms with van der Waals surface area (Å²) in [5.74, 6) is -2.64. The normalized spacial score (nSPS) is 7.50. The molecule has 0 spiro atoms. The van der Waals surface area contributed by atoms with Crippen LogP contribution in [0, 0.1) is 5.92 Å². The van der Waals surface area contributed by atoms with E-state index in [9.17, 15) is 4.79 Å². The summed E-state index contributed by atoms with van der Waals surface area (Å²) >= 11 is 0. The second-order valence-corrected chi connectivity index (χ2v) is 2.53. The van der Waals surface area contributed by atoms with E-state index in [0.29, 0.717) is 0 Å². The summed E-state index contributed by atoms with van der Waals surface area (Å²) < 4.78 is 0. The van der Waals surface area contributed by atoms with E-state index in [4.69, 9.17) is 24.9 Å². The molecule has 0 aromatic heterocycles. The van der Waals surface area contributed by atoms with Gasteiger partial charge in [-0.05, 0) is 0 Å². The molecule has 6 nitrogen and oxygen atoms in total. The predicted molar refractivity (Wildman–Crippen MR) is 49.1 cm³/mol. The molecule has 0 atom stereocenters. The van der Waals surface area contributed by atoms with E-state index in [1.165, 1.54) is 0 Å². The number of aliphatic carboxylic acids is 3. The fraction of sp³-hybridized carbons (Fsp3) is 0.625. The smallest absolute Gasteiger partial charge is 0.305 e. The van der Waals surface area contributed by atoms with Gasteiger partial charge in [-0.1, -0.05) is 13.8 Å². The largest absolute Gasteiger partial charge is 0.481 e. The third-order valence-corrected chi connectivity index (χ3v) is 0.494. The minimum Gasteiger partial charge on any atom is -0.481 e. The molecule has 6 heteroatoms. The van der Waals surface area contributed by atoms with Crippen LogP contribution in [0.2, 0.25) is 0 Å². The maximum Gasteiger partial charge on any atom is 0.305 e. The van der Waals surface area contributed by atoms with Gasteiger partial charge in [-0.25, -0.2) is 0 Å². The van der Waals surface area contributed by atoms with Crippen molar-refractivity contribution in [2.75, 3.05) is 0 Å².